The smallest absolute Gasteiger partial charge is 0.265 e. The Hall–Kier alpha value is -2.83. The molecular formula is C30H35ClN2O3S. The van der Waals surface area contributed by atoms with Crippen molar-refractivity contribution < 1.29 is 14.3 Å². The molecule has 3 aromatic rings. The fourth-order valence-corrected chi connectivity index (χ4v) is 6.19. The molecule has 2 N–H and O–H groups in total. The first-order valence-corrected chi connectivity index (χ1v) is 13.9. The summed E-state index contributed by atoms with van der Waals surface area (Å²) in [6.07, 6.45) is 1.96. The number of fused-ring (bicyclic) bond motifs is 1. The van der Waals surface area contributed by atoms with Crippen molar-refractivity contribution in [1.82, 2.24) is 0 Å². The van der Waals surface area contributed by atoms with E-state index in [9.17, 15) is 9.59 Å². The number of anilines is 2. The molecule has 2 aromatic carbocycles. The van der Waals surface area contributed by atoms with Gasteiger partial charge in [0.2, 0.25) is 0 Å². The third kappa shape index (κ3) is 6.36. The maximum atomic E-state index is 13.6. The molecule has 0 aliphatic heterocycles. The van der Waals surface area contributed by atoms with Crippen molar-refractivity contribution in [1.29, 1.82) is 0 Å². The molecule has 7 heteroatoms. The molecule has 196 valence electrons. The minimum absolute atomic E-state index is 0.173. The predicted molar refractivity (Wildman–Crippen MR) is 153 cm³/mol. The molecule has 2 amide bonds. The molecule has 0 spiro atoms. The van der Waals surface area contributed by atoms with Gasteiger partial charge in [0.25, 0.3) is 11.8 Å². The van der Waals surface area contributed by atoms with Gasteiger partial charge in [-0.05, 0) is 98.4 Å². The van der Waals surface area contributed by atoms with Crippen molar-refractivity contribution in [2.75, 3.05) is 10.6 Å². The molecule has 0 saturated carbocycles. The topological polar surface area (TPSA) is 67.4 Å². The minimum atomic E-state index is -0.768. The quantitative estimate of drug-likeness (QED) is 0.336. The summed E-state index contributed by atoms with van der Waals surface area (Å²) >= 11 is 7.57. The average molecular weight is 539 g/mol. The van der Waals surface area contributed by atoms with Gasteiger partial charge in [-0.2, -0.15) is 0 Å². The number of aryl methyl sites for hydroxylation is 2. The maximum Gasteiger partial charge on any atom is 0.265 e. The van der Waals surface area contributed by atoms with Crippen molar-refractivity contribution >= 4 is 45.4 Å². The lowest BCUT2D eigenvalue weighted by Gasteiger charge is -2.33. The number of carbonyl (C=O) groups excluding carboxylic acids is 2. The largest absolute Gasteiger partial charge is 0.481 e. The van der Waals surface area contributed by atoms with Crippen LogP contribution in [-0.4, -0.2) is 17.9 Å². The lowest BCUT2D eigenvalue weighted by molar-refractivity contribution is -0.122. The summed E-state index contributed by atoms with van der Waals surface area (Å²) in [5, 5.41) is 7.18. The highest BCUT2D eigenvalue weighted by Gasteiger charge is 2.34. The van der Waals surface area contributed by atoms with Gasteiger partial charge >= 0.3 is 0 Å². The average Bonchev–Trinajstić information content (AvgIpc) is 3.18. The first-order valence-electron chi connectivity index (χ1n) is 12.7. The molecule has 0 radical (unpaired) electrons. The van der Waals surface area contributed by atoms with Crippen molar-refractivity contribution in [3.05, 3.63) is 74.6 Å². The number of benzene rings is 2. The van der Waals surface area contributed by atoms with Crippen LogP contribution in [-0.2, 0) is 17.6 Å². The van der Waals surface area contributed by atoms with E-state index in [2.05, 4.69) is 31.4 Å². The van der Waals surface area contributed by atoms with Gasteiger partial charge in [-0.15, -0.1) is 11.3 Å². The number of rotatable bonds is 6. The van der Waals surface area contributed by atoms with Crippen LogP contribution in [0.1, 0.15) is 66.0 Å². The molecular weight excluding hydrogens is 504 g/mol. The summed E-state index contributed by atoms with van der Waals surface area (Å²) < 4.78 is 5.82. The number of ether oxygens (including phenoxy) is 1. The van der Waals surface area contributed by atoms with E-state index in [1.165, 1.54) is 21.8 Å². The Kier molecular flexibility index (Phi) is 8.00. The van der Waals surface area contributed by atoms with E-state index in [4.69, 9.17) is 16.3 Å². The molecule has 0 bridgehead atoms. The highest BCUT2D eigenvalue weighted by atomic mass is 35.5. The highest BCUT2D eigenvalue weighted by Crippen LogP contribution is 2.44. The number of amides is 2. The van der Waals surface area contributed by atoms with E-state index < -0.39 is 6.10 Å². The van der Waals surface area contributed by atoms with Crippen LogP contribution in [0.2, 0.25) is 5.02 Å². The summed E-state index contributed by atoms with van der Waals surface area (Å²) in [5.41, 5.74) is 4.80. The van der Waals surface area contributed by atoms with Crippen LogP contribution in [0.4, 0.5) is 10.7 Å². The Morgan fingerprint density at radius 3 is 2.51 bits per heavy atom. The molecule has 2 unspecified atom stereocenters. The second-order valence-electron chi connectivity index (χ2n) is 11.0. The van der Waals surface area contributed by atoms with Gasteiger partial charge in [0.1, 0.15) is 10.8 Å². The Labute approximate surface area is 228 Å². The molecule has 37 heavy (non-hydrogen) atoms. The van der Waals surface area contributed by atoms with Gasteiger partial charge < -0.3 is 15.4 Å². The summed E-state index contributed by atoms with van der Waals surface area (Å²) in [5.74, 6) is 0.518. The van der Waals surface area contributed by atoms with E-state index in [1.807, 2.05) is 32.0 Å². The van der Waals surface area contributed by atoms with Gasteiger partial charge in [0.05, 0.1) is 5.56 Å². The molecule has 0 saturated heterocycles. The van der Waals surface area contributed by atoms with Crippen molar-refractivity contribution in [3.63, 3.8) is 0 Å². The number of hydrogen-bond donors (Lipinski definition) is 2. The second kappa shape index (κ2) is 10.9. The van der Waals surface area contributed by atoms with Gasteiger partial charge in [-0.25, -0.2) is 0 Å². The van der Waals surface area contributed by atoms with Gasteiger partial charge in [0, 0.05) is 15.6 Å². The lowest BCUT2D eigenvalue weighted by Crippen LogP contribution is -2.30. The standard InChI is InChI=1S/C30H35ClN2O3S/c1-17-10-12-22(14-18(17)2)32-28(35)26-24-13-11-20(30(4,5)6)15-25(24)37-29(26)33-27(34)19(3)36-23-9-7-8-21(31)16-23/h7-10,12,14,16,19-20H,11,13,15H2,1-6H3,(H,32,35)(H,33,34). The first kappa shape index (κ1) is 27.2. The molecule has 4 rings (SSSR count). The third-order valence-electron chi connectivity index (χ3n) is 7.20. The normalized spacial score (nSPS) is 16.0. The molecule has 1 aliphatic rings. The van der Waals surface area contributed by atoms with E-state index in [-0.39, 0.29) is 17.2 Å². The van der Waals surface area contributed by atoms with Crippen molar-refractivity contribution in [2.24, 2.45) is 11.3 Å². The molecule has 5 nitrogen and oxygen atoms in total. The molecule has 1 aromatic heterocycles. The summed E-state index contributed by atoms with van der Waals surface area (Å²) in [7, 11) is 0. The van der Waals surface area contributed by atoms with Gasteiger partial charge in [0.15, 0.2) is 6.10 Å². The van der Waals surface area contributed by atoms with Gasteiger partial charge in [-0.1, -0.05) is 44.5 Å². The summed E-state index contributed by atoms with van der Waals surface area (Å²) in [6, 6.07) is 12.8. The van der Waals surface area contributed by atoms with E-state index >= 15 is 0 Å². The molecule has 1 heterocycles. The van der Waals surface area contributed by atoms with Crippen LogP contribution < -0.4 is 15.4 Å². The van der Waals surface area contributed by atoms with Crippen LogP contribution >= 0.6 is 22.9 Å². The minimum Gasteiger partial charge on any atom is -0.481 e. The fraction of sp³-hybridized carbons (Fsp3) is 0.400. The summed E-state index contributed by atoms with van der Waals surface area (Å²) in [4.78, 5) is 28.0. The number of hydrogen-bond acceptors (Lipinski definition) is 4. The Bertz CT molecular complexity index is 1320. The van der Waals surface area contributed by atoms with Crippen LogP contribution in [0, 0.1) is 25.2 Å². The van der Waals surface area contributed by atoms with Gasteiger partial charge in [-0.3, -0.25) is 9.59 Å². The van der Waals surface area contributed by atoms with Crippen LogP contribution in [0.5, 0.6) is 5.75 Å². The van der Waals surface area contributed by atoms with Crippen molar-refractivity contribution in [3.8, 4) is 5.75 Å². The molecule has 0 fully saturated rings. The maximum absolute atomic E-state index is 13.6. The number of nitrogens with one attached hydrogen (secondary N) is 2. The van der Waals surface area contributed by atoms with Crippen LogP contribution in [0.25, 0.3) is 0 Å². The first-order chi connectivity index (χ1) is 17.4. The SMILES string of the molecule is Cc1ccc(NC(=O)c2c(NC(=O)C(C)Oc3cccc(Cl)c3)sc3c2CCC(C(C)(C)C)C3)cc1C. The highest BCUT2D eigenvalue weighted by molar-refractivity contribution is 7.17. The monoisotopic (exact) mass is 538 g/mol. The zero-order valence-corrected chi connectivity index (χ0v) is 23.9. The second-order valence-corrected chi connectivity index (χ2v) is 12.5. The zero-order valence-electron chi connectivity index (χ0n) is 22.3. The van der Waals surface area contributed by atoms with Crippen LogP contribution in [0.3, 0.4) is 0 Å². The Morgan fingerprint density at radius 2 is 1.84 bits per heavy atom. The third-order valence-corrected chi connectivity index (χ3v) is 8.60. The van der Waals surface area contributed by atoms with Crippen LogP contribution in [0.15, 0.2) is 42.5 Å². The van der Waals surface area contributed by atoms with E-state index in [0.29, 0.717) is 27.3 Å². The summed E-state index contributed by atoms with van der Waals surface area (Å²) in [6.45, 7) is 12.6. The Balaban J connectivity index is 1.62. The predicted octanol–water partition coefficient (Wildman–Crippen LogP) is 7.83. The molecule has 2 atom stereocenters. The number of thiophene rings is 1. The van der Waals surface area contributed by atoms with Crippen molar-refractivity contribution in [2.45, 2.75) is 66.9 Å². The van der Waals surface area contributed by atoms with E-state index in [1.54, 1.807) is 31.2 Å². The molecule has 1 aliphatic carbocycles. The fourth-order valence-electron chi connectivity index (χ4n) is 4.68. The number of carbonyl (C=O) groups is 2. The van der Waals surface area contributed by atoms with E-state index in [0.717, 1.165) is 36.1 Å². The number of halogens is 1. The Morgan fingerprint density at radius 1 is 1.08 bits per heavy atom. The zero-order chi connectivity index (χ0) is 26.9. The lowest BCUT2D eigenvalue weighted by atomic mass is 9.72.